The summed E-state index contributed by atoms with van der Waals surface area (Å²) in [5.41, 5.74) is 7.58. The van der Waals surface area contributed by atoms with E-state index in [1.54, 1.807) is 18.2 Å². The molecule has 1 aromatic heterocycles. The molecule has 0 atom stereocenters. The summed E-state index contributed by atoms with van der Waals surface area (Å²) in [5, 5.41) is 3.43. The van der Waals surface area contributed by atoms with Crippen LogP contribution >= 0.6 is 11.3 Å². The van der Waals surface area contributed by atoms with Crippen molar-refractivity contribution in [3.63, 3.8) is 0 Å². The number of fused-ring (bicyclic) bond motifs is 2. The fourth-order valence-electron chi connectivity index (χ4n) is 3.48. The van der Waals surface area contributed by atoms with Crippen molar-refractivity contribution in [2.24, 2.45) is 5.73 Å². The number of nitrogens with one attached hydrogen (secondary N) is 1. The number of primary amides is 1. The molecule has 1 aliphatic carbocycles. The normalized spacial score (nSPS) is 15.7. The van der Waals surface area contributed by atoms with Crippen molar-refractivity contribution in [3.05, 3.63) is 39.8 Å². The Labute approximate surface area is 155 Å². The van der Waals surface area contributed by atoms with Crippen molar-refractivity contribution in [1.29, 1.82) is 0 Å². The summed E-state index contributed by atoms with van der Waals surface area (Å²) in [6.07, 6.45) is 6.26. The zero-order valence-corrected chi connectivity index (χ0v) is 15.1. The Morgan fingerprint density at radius 2 is 1.81 bits per heavy atom. The number of carbonyl (C=O) groups is 2. The van der Waals surface area contributed by atoms with Gasteiger partial charge in [0.15, 0.2) is 11.5 Å². The van der Waals surface area contributed by atoms with Gasteiger partial charge in [0.2, 0.25) is 6.79 Å². The first-order valence-corrected chi connectivity index (χ1v) is 9.60. The van der Waals surface area contributed by atoms with Gasteiger partial charge in [-0.3, -0.25) is 9.59 Å². The van der Waals surface area contributed by atoms with E-state index in [1.165, 1.54) is 22.6 Å². The number of aryl methyl sites for hydroxylation is 1. The number of nitrogens with two attached hydrogens (primary N) is 1. The minimum Gasteiger partial charge on any atom is -0.454 e. The Morgan fingerprint density at radius 3 is 2.62 bits per heavy atom. The molecule has 26 heavy (non-hydrogen) atoms. The molecule has 0 bridgehead atoms. The molecule has 2 aromatic rings. The molecule has 1 aromatic carbocycles. The second-order valence-corrected chi connectivity index (χ2v) is 7.61. The van der Waals surface area contributed by atoms with E-state index in [2.05, 4.69) is 5.32 Å². The van der Waals surface area contributed by atoms with Gasteiger partial charge in [0, 0.05) is 10.4 Å². The van der Waals surface area contributed by atoms with Gasteiger partial charge in [-0.15, -0.1) is 11.3 Å². The summed E-state index contributed by atoms with van der Waals surface area (Å²) in [4.78, 5) is 25.9. The topological polar surface area (TPSA) is 90.7 Å². The van der Waals surface area contributed by atoms with Crippen LogP contribution < -0.4 is 20.5 Å². The van der Waals surface area contributed by atoms with Crippen LogP contribution in [0.3, 0.4) is 0 Å². The molecule has 0 saturated heterocycles. The molecule has 6 nitrogen and oxygen atoms in total. The predicted octanol–water partition coefficient (Wildman–Crippen LogP) is 3.49. The number of carbonyl (C=O) groups excluding carboxylic acids is 2. The summed E-state index contributed by atoms with van der Waals surface area (Å²) in [6, 6.07) is 5.03. The molecule has 0 radical (unpaired) electrons. The fourth-order valence-corrected chi connectivity index (χ4v) is 4.77. The zero-order valence-electron chi connectivity index (χ0n) is 14.3. The molecule has 0 saturated carbocycles. The molecular formula is C19H20N2O4S. The van der Waals surface area contributed by atoms with Crippen molar-refractivity contribution >= 4 is 28.2 Å². The van der Waals surface area contributed by atoms with E-state index >= 15 is 0 Å². The number of ether oxygens (including phenoxy) is 2. The number of benzene rings is 1. The lowest BCUT2D eigenvalue weighted by molar-refractivity contribution is 0.100. The van der Waals surface area contributed by atoms with E-state index in [0.717, 1.165) is 37.7 Å². The molecule has 136 valence electrons. The molecule has 2 heterocycles. The molecule has 2 amide bonds. The maximum Gasteiger partial charge on any atom is 0.256 e. The Hall–Kier alpha value is -2.54. The molecule has 0 fully saturated rings. The first kappa shape index (κ1) is 16.9. The van der Waals surface area contributed by atoms with Crippen molar-refractivity contribution in [1.82, 2.24) is 0 Å². The first-order chi connectivity index (χ1) is 12.6. The van der Waals surface area contributed by atoms with Crippen LogP contribution in [0, 0.1) is 0 Å². The molecule has 0 unspecified atom stereocenters. The monoisotopic (exact) mass is 372 g/mol. The molecule has 7 heteroatoms. The quantitative estimate of drug-likeness (QED) is 0.863. The van der Waals surface area contributed by atoms with Crippen LogP contribution in [0.25, 0.3) is 0 Å². The van der Waals surface area contributed by atoms with Crippen LogP contribution in [0.15, 0.2) is 18.2 Å². The van der Waals surface area contributed by atoms with Gasteiger partial charge in [0.05, 0.1) is 5.56 Å². The first-order valence-electron chi connectivity index (χ1n) is 8.79. The Bertz CT molecular complexity index is 875. The lowest BCUT2D eigenvalue weighted by atomic mass is 9.96. The minimum absolute atomic E-state index is 0.157. The predicted molar refractivity (Wildman–Crippen MR) is 99.2 cm³/mol. The number of rotatable bonds is 3. The van der Waals surface area contributed by atoms with Crippen molar-refractivity contribution in [2.45, 2.75) is 38.5 Å². The van der Waals surface area contributed by atoms with E-state index in [9.17, 15) is 9.59 Å². The van der Waals surface area contributed by atoms with Gasteiger partial charge in [0.25, 0.3) is 11.8 Å². The molecular weight excluding hydrogens is 352 g/mol. The second-order valence-electron chi connectivity index (χ2n) is 6.51. The van der Waals surface area contributed by atoms with Crippen molar-refractivity contribution in [3.8, 4) is 11.5 Å². The van der Waals surface area contributed by atoms with Gasteiger partial charge in [-0.2, -0.15) is 0 Å². The van der Waals surface area contributed by atoms with E-state index in [1.807, 2.05) is 0 Å². The van der Waals surface area contributed by atoms with Gasteiger partial charge in [-0.05, 0) is 49.4 Å². The maximum absolute atomic E-state index is 12.7. The van der Waals surface area contributed by atoms with E-state index in [-0.39, 0.29) is 12.7 Å². The van der Waals surface area contributed by atoms with Crippen LogP contribution in [-0.4, -0.2) is 18.6 Å². The molecule has 3 N–H and O–H groups in total. The standard InChI is InChI=1S/C19H20N2O4S/c20-17(22)16-12-5-3-1-2-4-6-15(12)26-19(16)21-18(23)11-7-8-13-14(9-11)25-10-24-13/h7-9H,1-6,10H2,(H2,20,22)(H,21,23). The third-order valence-electron chi connectivity index (χ3n) is 4.78. The third-order valence-corrected chi connectivity index (χ3v) is 5.99. The van der Waals surface area contributed by atoms with Gasteiger partial charge < -0.3 is 20.5 Å². The molecule has 2 aliphatic rings. The summed E-state index contributed by atoms with van der Waals surface area (Å²) in [6.45, 7) is 0.157. The van der Waals surface area contributed by atoms with Gasteiger partial charge >= 0.3 is 0 Å². The highest BCUT2D eigenvalue weighted by Gasteiger charge is 2.24. The lowest BCUT2D eigenvalue weighted by Gasteiger charge is -2.10. The highest BCUT2D eigenvalue weighted by atomic mass is 32.1. The van der Waals surface area contributed by atoms with Crippen LogP contribution in [0.1, 0.15) is 56.8 Å². The smallest absolute Gasteiger partial charge is 0.256 e. The Balaban J connectivity index is 1.64. The van der Waals surface area contributed by atoms with Gasteiger partial charge in [-0.1, -0.05) is 12.8 Å². The van der Waals surface area contributed by atoms with Crippen molar-refractivity contribution in [2.75, 3.05) is 12.1 Å². The largest absolute Gasteiger partial charge is 0.454 e. The van der Waals surface area contributed by atoms with Gasteiger partial charge in [0.1, 0.15) is 5.00 Å². The van der Waals surface area contributed by atoms with Crippen LogP contribution in [0.2, 0.25) is 0 Å². The van der Waals surface area contributed by atoms with Crippen LogP contribution in [0.4, 0.5) is 5.00 Å². The summed E-state index contributed by atoms with van der Waals surface area (Å²) >= 11 is 1.47. The third kappa shape index (κ3) is 3.14. The Kier molecular flexibility index (Phi) is 4.55. The maximum atomic E-state index is 12.7. The lowest BCUT2D eigenvalue weighted by Crippen LogP contribution is -2.18. The van der Waals surface area contributed by atoms with Crippen LogP contribution in [0.5, 0.6) is 11.5 Å². The average molecular weight is 372 g/mol. The number of hydrogen-bond donors (Lipinski definition) is 2. The van der Waals surface area contributed by atoms with E-state index in [4.69, 9.17) is 15.2 Å². The molecule has 4 rings (SSSR count). The van der Waals surface area contributed by atoms with E-state index < -0.39 is 5.91 Å². The van der Waals surface area contributed by atoms with Gasteiger partial charge in [-0.25, -0.2) is 0 Å². The average Bonchev–Trinajstić information content (AvgIpc) is 3.18. The number of anilines is 1. The summed E-state index contributed by atoms with van der Waals surface area (Å²) < 4.78 is 10.6. The summed E-state index contributed by atoms with van der Waals surface area (Å²) in [7, 11) is 0. The SMILES string of the molecule is NC(=O)c1c(NC(=O)c2ccc3c(c2)OCO3)sc2c1CCCCCC2. The number of hydrogen-bond acceptors (Lipinski definition) is 5. The van der Waals surface area contributed by atoms with Crippen LogP contribution in [-0.2, 0) is 12.8 Å². The van der Waals surface area contributed by atoms with Crippen molar-refractivity contribution < 1.29 is 19.1 Å². The fraction of sp³-hybridized carbons (Fsp3) is 0.368. The second kappa shape index (κ2) is 6.99. The number of amides is 2. The minimum atomic E-state index is -0.482. The highest BCUT2D eigenvalue weighted by molar-refractivity contribution is 7.17. The Morgan fingerprint density at radius 1 is 1.04 bits per heavy atom. The molecule has 0 spiro atoms. The number of thiophene rings is 1. The van der Waals surface area contributed by atoms with E-state index in [0.29, 0.717) is 27.6 Å². The highest BCUT2D eigenvalue weighted by Crippen LogP contribution is 2.38. The summed E-state index contributed by atoms with van der Waals surface area (Å²) in [5.74, 6) is 0.397. The zero-order chi connectivity index (χ0) is 18.1. The molecule has 1 aliphatic heterocycles.